The Morgan fingerprint density at radius 3 is 2.81 bits per heavy atom. The van der Waals surface area contributed by atoms with Gasteiger partial charge in [0, 0.05) is 13.1 Å². The van der Waals surface area contributed by atoms with Crippen LogP contribution in [0.25, 0.3) is 0 Å². The van der Waals surface area contributed by atoms with Crippen LogP contribution in [0.15, 0.2) is 18.2 Å². The fourth-order valence-electron chi connectivity index (χ4n) is 1.93. The van der Waals surface area contributed by atoms with Crippen molar-refractivity contribution in [2.45, 2.75) is 18.9 Å². The second kappa shape index (κ2) is 3.76. The first-order valence-corrected chi connectivity index (χ1v) is 5.25. The molecule has 0 spiro atoms. The van der Waals surface area contributed by atoms with Gasteiger partial charge in [0.25, 0.3) is 0 Å². The van der Waals surface area contributed by atoms with Crippen molar-refractivity contribution in [3.63, 3.8) is 0 Å². The first-order chi connectivity index (χ1) is 7.58. The summed E-state index contributed by atoms with van der Waals surface area (Å²) in [6.07, 6.45) is 0.687. The van der Waals surface area contributed by atoms with Crippen LogP contribution in [-0.4, -0.2) is 23.8 Å². The Hall–Kier alpha value is -1.60. The largest absolute Gasteiger partial charge is 0.386 e. The third-order valence-electron chi connectivity index (χ3n) is 3.05. The van der Waals surface area contributed by atoms with Crippen LogP contribution in [0.1, 0.15) is 18.9 Å². The molecule has 1 aliphatic heterocycles. The summed E-state index contributed by atoms with van der Waals surface area (Å²) >= 11 is 0. The monoisotopic (exact) mass is 220 g/mol. The lowest BCUT2D eigenvalue weighted by atomic mass is 9.90. The van der Waals surface area contributed by atoms with E-state index in [9.17, 15) is 9.50 Å². The van der Waals surface area contributed by atoms with E-state index in [1.807, 2.05) is 17.9 Å². The molecule has 0 aliphatic carbocycles. The summed E-state index contributed by atoms with van der Waals surface area (Å²) in [7, 11) is 0. The van der Waals surface area contributed by atoms with Crippen molar-refractivity contribution in [2.24, 2.45) is 0 Å². The number of anilines is 1. The summed E-state index contributed by atoms with van der Waals surface area (Å²) in [5, 5.41) is 18.8. The zero-order chi connectivity index (χ0) is 11.8. The molecule has 0 radical (unpaired) electrons. The van der Waals surface area contributed by atoms with Gasteiger partial charge < -0.3 is 10.0 Å². The Labute approximate surface area is 93.7 Å². The normalized spacial score (nSPS) is 17.8. The first kappa shape index (κ1) is 10.9. The molecule has 1 aromatic carbocycles. The van der Waals surface area contributed by atoms with Crippen molar-refractivity contribution in [1.82, 2.24) is 0 Å². The minimum absolute atomic E-state index is 0.318. The predicted molar refractivity (Wildman–Crippen MR) is 58.6 cm³/mol. The van der Waals surface area contributed by atoms with Gasteiger partial charge in [-0.1, -0.05) is 6.92 Å². The molecule has 1 aliphatic rings. The van der Waals surface area contributed by atoms with Gasteiger partial charge >= 0.3 is 0 Å². The van der Waals surface area contributed by atoms with Crippen molar-refractivity contribution in [3.05, 3.63) is 29.6 Å². The minimum Gasteiger partial charge on any atom is -0.386 e. The van der Waals surface area contributed by atoms with Crippen molar-refractivity contribution in [2.75, 3.05) is 18.0 Å². The number of halogens is 1. The van der Waals surface area contributed by atoms with Gasteiger partial charge in [0.1, 0.15) is 11.9 Å². The highest BCUT2D eigenvalue weighted by atomic mass is 19.1. The fraction of sp³-hybridized carbons (Fsp3) is 0.417. The van der Waals surface area contributed by atoms with E-state index in [0.29, 0.717) is 30.8 Å². The first-order valence-electron chi connectivity index (χ1n) is 5.25. The number of rotatable bonds is 2. The highest BCUT2D eigenvalue weighted by Crippen LogP contribution is 2.32. The van der Waals surface area contributed by atoms with Crippen molar-refractivity contribution >= 4 is 5.69 Å². The molecule has 3 nitrogen and oxygen atoms in total. The Kier molecular flexibility index (Phi) is 2.56. The number of β-amino-alcohol motifs (C(OH)–C–C–N with tert-alkyl or cyclic N) is 1. The second-order valence-corrected chi connectivity index (χ2v) is 4.21. The Balaban J connectivity index is 2.21. The van der Waals surface area contributed by atoms with Crippen molar-refractivity contribution < 1.29 is 9.50 Å². The number of aliphatic hydroxyl groups is 1. The molecule has 0 aromatic heterocycles. The molecule has 16 heavy (non-hydrogen) atoms. The number of nitrogens with zero attached hydrogens (tertiary/aromatic N) is 2. The zero-order valence-corrected chi connectivity index (χ0v) is 9.07. The Morgan fingerprint density at radius 1 is 1.56 bits per heavy atom. The van der Waals surface area contributed by atoms with Crippen LogP contribution in [0.3, 0.4) is 0 Å². The molecule has 2 rings (SSSR count). The van der Waals surface area contributed by atoms with E-state index in [1.165, 1.54) is 12.1 Å². The van der Waals surface area contributed by atoms with Crippen LogP contribution in [0.4, 0.5) is 10.1 Å². The van der Waals surface area contributed by atoms with E-state index in [2.05, 4.69) is 0 Å². The van der Waals surface area contributed by atoms with Gasteiger partial charge in [0.05, 0.1) is 16.9 Å². The van der Waals surface area contributed by atoms with Crippen LogP contribution in [0, 0.1) is 17.1 Å². The molecular weight excluding hydrogens is 207 g/mol. The summed E-state index contributed by atoms with van der Waals surface area (Å²) in [5.41, 5.74) is 0.362. The van der Waals surface area contributed by atoms with E-state index < -0.39 is 11.4 Å². The average Bonchev–Trinajstić information content (AvgIpc) is 2.25. The molecule has 1 fully saturated rings. The molecule has 1 saturated heterocycles. The molecule has 0 amide bonds. The smallest absolute Gasteiger partial charge is 0.124 e. The van der Waals surface area contributed by atoms with Gasteiger partial charge in [-0.15, -0.1) is 0 Å². The summed E-state index contributed by atoms with van der Waals surface area (Å²) in [4.78, 5) is 1.89. The van der Waals surface area contributed by atoms with Crippen molar-refractivity contribution in [1.29, 1.82) is 5.26 Å². The molecule has 1 heterocycles. The van der Waals surface area contributed by atoms with Gasteiger partial charge in [-0.2, -0.15) is 5.26 Å². The quantitative estimate of drug-likeness (QED) is 0.824. The lowest BCUT2D eigenvalue weighted by Crippen LogP contribution is -2.61. The molecule has 1 N–H and O–H groups in total. The maximum Gasteiger partial charge on any atom is 0.124 e. The number of benzene rings is 1. The maximum absolute atomic E-state index is 12.9. The highest BCUT2D eigenvalue weighted by molar-refractivity contribution is 5.61. The summed E-state index contributed by atoms with van der Waals surface area (Å²) < 4.78 is 12.9. The van der Waals surface area contributed by atoms with E-state index in [1.54, 1.807) is 6.07 Å². The van der Waals surface area contributed by atoms with E-state index in [4.69, 9.17) is 5.26 Å². The van der Waals surface area contributed by atoms with Gasteiger partial charge in [-0.25, -0.2) is 4.39 Å². The van der Waals surface area contributed by atoms with Gasteiger partial charge in [0.15, 0.2) is 0 Å². The molecule has 1 aromatic rings. The Bertz CT molecular complexity index is 447. The second-order valence-electron chi connectivity index (χ2n) is 4.21. The number of hydrogen-bond acceptors (Lipinski definition) is 3. The van der Waals surface area contributed by atoms with Gasteiger partial charge in [0.2, 0.25) is 0 Å². The standard InChI is InChI=1S/C12H13FN2O/c1-2-12(16)7-15(8-12)11-4-3-10(13)5-9(11)6-14/h3-5,16H,2,7-8H2,1H3. The molecule has 0 bridgehead atoms. The fourth-order valence-corrected chi connectivity index (χ4v) is 1.93. The molecule has 0 atom stereocenters. The van der Waals surface area contributed by atoms with Crippen LogP contribution < -0.4 is 4.90 Å². The highest BCUT2D eigenvalue weighted by Gasteiger charge is 2.40. The topological polar surface area (TPSA) is 47.3 Å². The van der Waals surface area contributed by atoms with Crippen LogP contribution >= 0.6 is 0 Å². The summed E-state index contributed by atoms with van der Waals surface area (Å²) in [6, 6.07) is 6.11. The number of nitriles is 1. The SMILES string of the molecule is CCC1(O)CN(c2ccc(F)cc2C#N)C1. The molecule has 84 valence electrons. The summed E-state index contributed by atoms with van der Waals surface area (Å²) in [6.45, 7) is 2.93. The van der Waals surface area contributed by atoms with Crippen molar-refractivity contribution in [3.8, 4) is 6.07 Å². The van der Waals surface area contributed by atoms with E-state index in [0.717, 1.165) is 0 Å². The lowest BCUT2D eigenvalue weighted by molar-refractivity contribution is 0.00850. The molecular formula is C12H13FN2O. The number of hydrogen-bond donors (Lipinski definition) is 1. The van der Waals surface area contributed by atoms with E-state index in [-0.39, 0.29) is 0 Å². The molecule has 4 heteroatoms. The van der Waals surface area contributed by atoms with E-state index >= 15 is 0 Å². The maximum atomic E-state index is 12.9. The van der Waals surface area contributed by atoms with Gasteiger partial charge in [-0.05, 0) is 24.6 Å². The third-order valence-corrected chi connectivity index (χ3v) is 3.05. The average molecular weight is 220 g/mol. The zero-order valence-electron chi connectivity index (χ0n) is 9.07. The van der Waals surface area contributed by atoms with Crippen LogP contribution in [-0.2, 0) is 0 Å². The lowest BCUT2D eigenvalue weighted by Gasteiger charge is -2.47. The molecule has 0 saturated carbocycles. The molecule has 0 unspecified atom stereocenters. The van der Waals surface area contributed by atoms with Crippen LogP contribution in [0.2, 0.25) is 0 Å². The minimum atomic E-state index is -0.652. The van der Waals surface area contributed by atoms with Gasteiger partial charge in [-0.3, -0.25) is 0 Å². The summed E-state index contributed by atoms with van der Waals surface area (Å²) in [5.74, 6) is -0.411. The Morgan fingerprint density at radius 2 is 2.25 bits per heavy atom. The van der Waals surface area contributed by atoms with Crippen LogP contribution in [0.5, 0.6) is 0 Å². The predicted octanol–water partition coefficient (Wildman–Crippen LogP) is 1.66. The third kappa shape index (κ3) is 1.74.